The van der Waals surface area contributed by atoms with E-state index in [-0.39, 0.29) is 6.61 Å². The van der Waals surface area contributed by atoms with E-state index in [0.29, 0.717) is 5.92 Å². The fourth-order valence-corrected chi connectivity index (χ4v) is 3.26. The molecule has 3 nitrogen and oxygen atoms in total. The van der Waals surface area contributed by atoms with E-state index in [9.17, 15) is 5.11 Å². The molecule has 1 aromatic heterocycles. The van der Waals surface area contributed by atoms with Crippen molar-refractivity contribution >= 4 is 16.5 Å². The van der Waals surface area contributed by atoms with Crippen LogP contribution in [0.1, 0.15) is 49.6 Å². The van der Waals surface area contributed by atoms with Crippen molar-refractivity contribution in [3.8, 4) is 0 Å². The van der Waals surface area contributed by atoms with Crippen LogP contribution in [0.2, 0.25) is 0 Å². The van der Waals surface area contributed by atoms with Crippen molar-refractivity contribution in [1.29, 1.82) is 0 Å². The van der Waals surface area contributed by atoms with Gasteiger partial charge in [-0.15, -0.1) is 0 Å². The molecule has 1 fully saturated rings. The highest BCUT2D eigenvalue weighted by Crippen LogP contribution is 2.33. The van der Waals surface area contributed by atoms with Gasteiger partial charge in [0, 0.05) is 13.6 Å². The first kappa shape index (κ1) is 12.8. The molecule has 0 amide bonds. The van der Waals surface area contributed by atoms with Gasteiger partial charge in [0.2, 0.25) is 0 Å². The van der Waals surface area contributed by atoms with E-state index in [4.69, 9.17) is 0 Å². The average Bonchev–Trinajstić information content (AvgIpc) is 2.67. The van der Waals surface area contributed by atoms with Gasteiger partial charge < -0.3 is 10.0 Å². The van der Waals surface area contributed by atoms with E-state index in [2.05, 4.69) is 30.8 Å². The number of nitrogens with zero attached hydrogens (tertiary/aromatic N) is 2. The lowest BCUT2D eigenvalue weighted by Gasteiger charge is -2.29. The Morgan fingerprint density at radius 3 is 2.59 bits per heavy atom. The maximum atomic E-state index is 9.35. The summed E-state index contributed by atoms with van der Waals surface area (Å²) < 4.78 is 0. The molecule has 0 aliphatic heterocycles. The zero-order valence-electron chi connectivity index (χ0n) is 10.9. The largest absolute Gasteiger partial charge is 0.391 e. The summed E-state index contributed by atoms with van der Waals surface area (Å²) in [5.41, 5.74) is 1.06. The van der Waals surface area contributed by atoms with Crippen LogP contribution in [0.5, 0.6) is 0 Å². The molecule has 0 spiro atoms. The van der Waals surface area contributed by atoms with E-state index in [1.165, 1.54) is 19.3 Å². The lowest BCUT2D eigenvalue weighted by atomic mass is 9.85. The molecule has 1 N–H and O–H groups in total. The molecule has 0 unspecified atom stereocenters. The second-order valence-electron chi connectivity index (χ2n) is 5.30. The monoisotopic (exact) mass is 254 g/mol. The first-order valence-electron chi connectivity index (χ1n) is 6.43. The summed E-state index contributed by atoms with van der Waals surface area (Å²) in [4.78, 5) is 7.95. The van der Waals surface area contributed by atoms with Gasteiger partial charge in [-0.1, -0.05) is 31.6 Å². The Morgan fingerprint density at radius 1 is 1.47 bits per heavy atom. The van der Waals surface area contributed by atoms with Crippen LogP contribution in [0.25, 0.3) is 0 Å². The SMILES string of the molecule is CC(C)c1nc(N(C)CC2CCC2)sc1CO. The van der Waals surface area contributed by atoms with Gasteiger partial charge in [-0.2, -0.15) is 0 Å². The Hall–Kier alpha value is -0.610. The summed E-state index contributed by atoms with van der Waals surface area (Å²) in [6, 6.07) is 0. The van der Waals surface area contributed by atoms with Crippen LogP contribution in [-0.4, -0.2) is 23.7 Å². The third kappa shape index (κ3) is 2.80. The molecule has 1 saturated carbocycles. The van der Waals surface area contributed by atoms with E-state index in [0.717, 1.165) is 28.2 Å². The molecule has 96 valence electrons. The van der Waals surface area contributed by atoms with Gasteiger partial charge >= 0.3 is 0 Å². The topological polar surface area (TPSA) is 36.4 Å². The lowest BCUT2D eigenvalue weighted by molar-refractivity contribution is 0.283. The standard InChI is InChI=1S/C13H22N2OS/c1-9(2)12-11(8-16)17-13(14-12)15(3)7-10-5-4-6-10/h9-10,16H,4-8H2,1-3H3. The molecule has 1 aliphatic rings. The molecule has 0 bridgehead atoms. The molecule has 0 atom stereocenters. The first-order valence-corrected chi connectivity index (χ1v) is 7.25. The van der Waals surface area contributed by atoms with Crippen LogP contribution in [-0.2, 0) is 6.61 Å². The van der Waals surface area contributed by atoms with Crippen molar-refractivity contribution in [2.24, 2.45) is 5.92 Å². The van der Waals surface area contributed by atoms with Gasteiger partial charge in [0.25, 0.3) is 0 Å². The normalized spacial score (nSPS) is 16.3. The van der Waals surface area contributed by atoms with Gasteiger partial charge in [0.15, 0.2) is 5.13 Å². The minimum absolute atomic E-state index is 0.114. The third-order valence-electron chi connectivity index (χ3n) is 3.49. The molecule has 1 heterocycles. The van der Waals surface area contributed by atoms with Crippen molar-refractivity contribution in [2.75, 3.05) is 18.5 Å². The van der Waals surface area contributed by atoms with E-state index in [1.54, 1.807) is 11.3 Å². The zero-order chi connectivity index (χ0) is 12.4. The zero-order valence-corrected chi connectivity index (χ0v) is 11.8. The minimum Gasteiger partial charge on any atom is -0.391 e. The Morgan fingerprint density at radius 2 is 2.18 bits per heavy atom. The molecular formula is C13H22N2OS. The van der Waals surface area contributed by atoms with Gasteiger partial charge in [-0.25, -0.2) is 4.98 Å². The van der Waals surface area contributed by atoms with E-state index < -0.39 is 0 Å². The quantitative estimate of drug-likeness (QED) is 0.877. The number of aliphatic hydroxyl groups is 1. The number of hydrogen-bond donors (Lipinski definition) is 1. The van der Waals surface area contributed by atoms with Crippen molar-refractivity contribution in [2.45, 2.75) is 45.6 Å². The summed E-state index contributed by atoms with van der Waals surface area (Å²) in [6.45, 7) is 5.48. The number of thiazole rings is 1. The highest BCUT2D eigenvalue weighted by atomic mass is 32.1. The number of aliphatic hydroxyl groups excluding tert-OH is 1. The molecule has 17 heavy (non-hydrogen) atoms. The first-order chi connectivity index (χ1) is 8.11. The predicted molar refractivity (Wildman–Crippen MR) is 72.7 cm³/mol. The minimum atomic E-state index is 0.114. The van der Waals surface area contributed by atoms with Crippen LogP contribution >= 0.6 is 11.3 Å². The highest BCUT2D eigenvalue weighted by molar-refractivity contribution is 7.15. The van der Waals surface area contributed by atoms with Crippen molar-refractivity contribution in [1.82, 2.24) is 4.98 Å². The third-order valence-corrected chi connectivity index (χ3v) is 4.66. The molecule has 1 aliphatic carbocycles. The summed E-state index contributed by atoms with van der Waals surface area (Å²) >= 11 is 1.64. The van der Waals surface area contributed by atoms with Gasteiger partial charge in [-0.3, -0.25) is 0 Å². The lowest BCUT2D eigenvalue weighted by Crippen LogP contribution is -2.29. The Bertz CT molecular complexity index is 371. The van der Waals surface area contributed by atoms with Crippen molar-refractivity contribution < 1.29 is 5.11 Å². The number of rotatable bonds is 5. The highest BCUT2D eigenvalue weighted by Gasteiger charge is 2.22. The summed E-state index contributed by atoms with van der Waals surface area (Å²) in [5.74, 6) is 1.24. The van der Waals surface area contributed by atoms with Crippen LogP contribution in [0, 0.1) is 5.92 Å². The molecule has 1 aromatic rings. The molecule has 0 saturated heterocycles. The van der Waals surface area contributed by atoms with Crippen LogP contribution < -0.4 is 4.90 Å². The molecule has 2 rings (SSSR count). The Labute approximate surface area is 107 Å². The number of aromatic nitrogens is 1. The molecule has 0 radical (unpaired) electrons. The second-order valence-corrected chi connectivity index (χ2v) is 6.36. The van der Waals surface area contributed by atoms with Gasteiger partial charge in [-0.05, 0) is 24.7 Å². The average molecular weight is 254 g/mol. The van der Waals surface area contributed by atoms with E-state index in [1.807, 2.05) is 0 Å². The summed E-state index contributed by atoms with van der Waals surface area (Å²) in [7, 11) is 2.11. The number of hydrogen-bond acceptors (Lipinski definition) is 4. The summed E-state index contributed by atoms with van der Waals surface area (Å²) in [6.07, 6.45) is 4.11. The van der Waals surface area contributed by atoms with E-state index >= 15 is 0 Å². The Kier molecular flexibility index (Phi) is 4.05. The fraction of sp³-hybridized carbons (Fsp3) is 0.769. The molecule has 0 aromatic carbocycles. The maximum Gasteiger partial charge on any atom is 0.185 e. The van der Waals surface area contributed by atoms with Gasteiger partial charge in [0.1, 0.15) is 0 Å². The van der Waals surface area contributed by atoms with Crippen molar-refractivity contribution in [3.05, 3.63) is 10.6 Å². The van der Waals surface area contributed by atoms with Crippen LogP contribution in [0.15, 0.2) is 0 Å². The molecule has 4 heteroatoms. The summed E-state index contributed by atoms with van der Waals surface area (Å²) in [5, 5.41) is 10.4. The van der Waals surface area contributed by atoms with Gasteiger partial charge in [0.05, 0.1) is 17.2 Å². The predicted octanol–water partition coefficient (Wildman–Crippen LogP) is 3.00. The number of anilines is 1. The Balaban J connectivity index is 2.08. The second kappa shape index (κ2) is 5.36. The van der Waals surface area contributed by atoms with Crippen LogP contribution in [0.4, 0.5) is 5.13 Å². The van der Waals surface area contributed by atoms with Crippen molar-refractivity contribution in [3.63, 3.8) is 0 Å². The smallest absolute Gasteiger partial charge is 0.185 e. The maximum absolute atomic E-state index is 9.35. The fourth-order valence-electron chi connectivity index (χ4n) is 2.22. The van der Waals surface area contributed by atoms with Crippen LogP contribution in [0.3, 0.4) is 0 Å². The molecular weight excluding hydrogens is 232 g/mol.